The summed E-state index contributed by atoms with van der Waals surface area (Å²) in [5.41, 5.74) is -2.96. The monoisotopic (exact) mass is 644 g/mol. The van der Waals surface area contributed by atoms with Crippen LogP contribution in [0.4, 0.5) is 0 Å². The molecular formula is C48H30O. The van der Waals surface area contributed by atoms with Gasteiger partial charge in [-0.25, -0.2) is 0 Å². The van der Waals surface area contributed by atoms with E-state index in [1.54, 1.807) is 48.5 Å². The lowest BCUT2D eigenvalue weighted by atomic mass is 9.84. The number of hydrogen-bond acceptors (Lipinski definition) is 1. The van der Waals surface area contributed by atoms with Crippen LogP contribution in [0.15, 0.2) is 186 Å². The SMILES string of the molecule is [2H]c1c([2H])c([2H])c(-c2c([2H])c([2H])c3oc4c([2H])c([2H])c([2H])c(-c5c6ccccc6c(-c6c([2H])c([2H])c([2H])c(-c7c([2H])c([2H])c([2H])c8c([2H])c([2H])c([2H])c([2H])c78)c6[2H])c6ccccc56)c4c3c2[2H])c([2H])c1[2H]. The van der Waals surface area contributed by atoms with Crippen molar-refractivity contribution in [3.8, 4) is 44.5 Å². The lowest BCUT2D eigenvalue weighted by molar-refractivity contribution is 0.669. The van der Waals surface area contributed by atoms with Crippen LogP contribution in [0.5, 0.6) is 0 Å². The maximum Gasteiger partial charge on any atom is 0.136 e. The van der Waals surface area contributed by atoms with Gasteiger partial charge in [-0.15, -0.1) is 0 Å². The van der Waals surface area contributed by atoms with Crippen molar-refractivity contribution in [3.05, 3.63) is 181 Å². The molecule has 0 atom stereocenters. The summed E-state index contributed by atoms with van der Waals surface area (Å²) in [7, 11) is 0. The predicted octanol–water partition coefficient (Wildman–Crippen LogP) is 13.7. The van der Waals surface area contributed by atoms with E-state index in [0.717, 1.165) is 0 Å². The van der Waals surface area contributed by atoms with Crippen LogP contribution in [0.2, 0.25) is 0 Å². The fourth-order valence-electron chi connectivity index (χ4n) is 6.40. The minimum absolute atomic E-state index is 0.116. The van der Waals surface area contributed by atoms with Crippen molar-refractivity contribution in [1.82, 2.24) is 0 Å². The molecule has 0 aliphatic carbocycles. The van der Waals surface area contributed by atoms with E-state index in [2.05, 4.69) is 0 Å². The van der Waals surface area contributed by atoms with E-state index in [1.807, 2.05) is 0 Å². The highest BCUT2D eigenvalue weighted by Crippen LogP contribution is 2.47. The van der Waals surface area contributed by atoms with Gasteiger partial charge in [-0.1, -0.05) is 157 Å². The van der Waals surface area contributed by atoms with E-state index in [4.69, 9.17) is 29.1 Å². The Morgan fingerprint density at radius 3 is 1.78 bits per heavy atom. The Kier molecular flexibility index (Phi) is 3.07. The summed E-state index contributed by atoms with van der Waals surface area (Å²) in [5.74, 6) is 0. The normalized spacial score (nSPS) is 18.0. The Bertz CT molecular complexity index is 4050. The van der Waals surface area contributed by atoms with E-state index in [1.165, 1.54) is 0 Å². The first-order valence-corrected chi connectivity index (χ1v) is 15.1. The van der Waals surface area contributed by atoms with Crippen LogP contribution < -0.4 is 0 Å². The zero-order valence-corrected chi connectivity index (χ0v) is 25.0. The fraction of sp³-hybridized carbons (Fsp3) is 0. The van der Waals surface area contributed by atoms with E-state index in [0.29, 0.717) is 0 Å². The second kappa shape index (κ2) is 11.1. The smallest absolute Gasteiger partial charge is 0.136 e. The van der Waals surface area contributed by atoms with Crippen LogP contribution >= 0.6 is 0 Å². The molecular weight excluding hydrogens is 593 g/mol. The van der Waals surface area contributed by atoms with Gasteiger partial charge in [0.2, 0.25) is 0 Å². The maximum absolute atomic E-state index is 9.86. The Labute approximate surface area is 315 Å². The summed E-state index contributed by atoms with van der Waals surface area (Å²) in [4.78, 5) is 0. The lowest BCUT2D eigenvalue weighted by Gasteiger charge is -2.19. The molecule has 1 nitrogen and oxygen atoms in total. The molecule has 0 saturated heterocycles. The third-order valence-electron chi connectivity index (χ3n) is 8.44. The summed E-state index contributed by atoms with van der Waals surface area (Å²) >= 11 is 0. The molecule has 9 aromatic carbocycles. The van der Waals surface area contributed by atoms with Crippen molar-refractivity contribution < 1.29 is 34.6 Å². The van der Waals surface area contributed by atoms with Crippen LogP contribution in [0.1, 0.15) is 30.2 Å². The molecule has 0 spiro atoms. The highest BCUT2D eigenvalue weighted by Gasteiger charge is 2.21. The van der Waals surface area contributed by atoms with Crippen molar-refractivity contribution in [2.75, 3.05) is 0 Å². The average Bonchev–Trinajstić information content (AvgIpc) is 3.76. The van der Waals surface area contributed by atoms with Gasteiger partial charge in [-0.2, -0.15) is 0 Å². The van der Waals surface area contributed by atoms with Crippen molar-refractivity contribution in [2.45, 2.75) is 0 Å². The Balaban J connectivity index is 1.39. The van der Waals surface area contributed by atoms with Crippen LogP contribution in [0, 0.1) is 0 Å². The first kappa shape index (κ1) is 13.6. The molecule has 0 radical (unpaired) electrons. The first-order chi connectivity index (χ1) is 33.5. The quantitative estimate of drug-likeness (QED) is 0.174. The molecule has 228 valence electrons. The van der Waals surface area contributed by atoms with E-state index >= 15 is 0 Å². The van der Waals surface area contributed by atoms with E-state index in [-0.39, 0.29) is 60.2 Å². The molecule has 0 saturated carbocycles. The van der Waals surface area contributed by atoms with Crippen molar-refractivity contribution in [3.63, 3.8) is 0 Å². The van der Waals surface area contributed by atoms with Gasteiger partial charge in [0.1, 0.15) is 11.2 Å². The average molecular weight is 645 g/mol. The fourth-order valence-corrected chi connectivity index (χ4v) is 6.40. The molecule has 10 aromatic rings. The van der Waals surface area contributed by atoms with Crippen LogP contribution in [0.25, 0.3) is 98.8 Å². The van der Waals surface area contributed by atoms with Gasteiger partial charge in [0, 0.05) is 10.8 Å². The van der Waals surface area contributed by atoms with Crippen LogP contribution in [-0.4, -0.2) is 0 Å². The lowest BCUT2D eigenvalue weighted by Crippen LogP contribution is -1.92. The third kappa shape index (κ3) is 4.40. The molecule has 1 heteroatoms. The van der Waals surface area contributed by atoms with Gasteiger partial charge in [0.05, 0.1) is 30.2 Å². The molecule has 0 aliphatic heterocycles. The second-order valence-electron chi connectivity index (χ2n) is 11.1. The van der Waals surface area contributed by atoms with Gasteiger partial charge in [-0.3, -0.25) is 0 Å². The van der Waals surface area contributed by atoms with Crippen molar-refractivity contribution >= 4 is 54.3 Å². The van der Waals surface area contributed by atoms with Gasteiger partial charge < -0.3 is 4.42 Å². The molecule has 10 rings (SSSR count). The standard InChI is InChI=1S/C48H30O/c1-2-13-31(14-3-1)33-27-28-44-43(30-33)48-42(25-12-26-45(48)49-44)47-40-22-8-6-20-38(40)46(39-21-7-9-23-41(39)47)35-18-10-17-34(29-35)37-24-11-16-32-15-4-5-19-36(32)37/h1-30H/i1D,2D,3D,4D,5D,10D,11D,12D,13D,14D,15D,16D,17D,18D,19D,24D,25D,26D,27D,28D,29D,30D. The second-order valence-corrected chi connectivity index (χ2v) is 11.1. The molecule has 0 amide bonds. The number of hydrogen-bond donors (Lipinski definition) is 0. The minimum atomic E-state index is -0.774. The molecule has 0 N–H and O–H groups in total. The summed E-state index contributed by atoms with van der Waals surface area (Å²) < 4.78 is 202. The van der Waals surface area contributed by atoms with Gasteiger partial charge >= 0.3 is 0 Å². The number of benzene rings is 9. The van der Waals surface area contributed by atoms with Crippen LogP contribution in [0.3, 0.4) is 0 Å². The molecule has 49 heavy (non-hydrogen) atoms. The molecule has 1 heterocycles. The topological polar surface area (TPSA) is 13.1 Å². The first-order valence-electron chi connectivity index (χ1n) is 26.1. The molecule has 0 bridgehead atoms. The predicted molar refractivity (Wildman–Crippen MR) is 208 cm³/mol. The van der Waals surface area contributed by atoms with Gasteiger partial charge in [0.15, 0.2) is 0 Å². The molecule has 0 unspecified atom stereocenters. The molecule has 0 aliphatic rings. The Hall–Kier alpha value is -6.44. The molecule has 0 fully saturated rings. The summed E-state index contributed by atoms with van der Waals surface area (Å²) in [6, 6.07) is -2.58. The highest BCUT2D eigenvalue weighted by atomic mass is 16.3. The highest BCUT2D eigenvalue weighted by molar-refractivity contribution is 6.26. The Morgan fingerprint density at radius 1 is 0.367 bits per heavy atom. The molecule has 1 aromatic heterocycles. The zero-order chi connectivity index (χ0) is 51.5. The largest absolute Gasteiger partial charge is 0.456 e. The van der Waals surface area contributed by atoms with Crippen molar-refractivity contribution in [2.24, 2.45) is 0 Å². The number of rotatable bonds is 4. The number of furan rings is 1. The third-order valence-corrected chi connectivity index (χ3v) is 8.44. The van der Waals surface area contributed by atoms with Crippen LogP contribution in [-0.2, 0) is 0 Å². The zero-order valence-electron chi connectivity index (χ0n) is 47.0. The number of fused-ring (bicyclic) bond motifs is 6. The summed E-state index contributed by atoms with van der Waals surface area (Å²) in [6.45, 7) is 0. The van der Waals surface area contributed by atoms with Gasteiger partial charge in [0.25, 0.3) is 0 Å². The van der Waals surface area contributed by atoms with E-state index < -0.39 is 172 Å². The minimum Gasteiger partial charge on any atom is -0.456 e. The van der Waals surface area contributed by atoms with Crippen molar-refractivity contribution in [1.29, 1.82) is 0 Å². The maximum atomic E-state index is 9.86. The van der Waals surface area contributed by atoms with Gasteiger partial charge in [-0.05, 0) is 101 Å². The summed E-state index contributed by atoms with van der Waals surface area (Å²) in [6.07, 6.45) is 0. The summed E-state index contributed by atoms with van der Waals surface area (Å²) in [5, 5.41) is -0.284. The van der Waals surface area contributed by atoms with E-state index in [9.17, 15) is 5.48 Å². The Morgan fingerprint density at radius 2 is 0.980 bits per heavy atom.